The molecular formula is C15H18BrN3O. The molecule has 2 aromatic rings. The lowest BCUT2D eigenvalue weighted by Gasteiger charge is -2.28. The van der Waals surface area contributed by atoms with Gasteiger partial charge in [0.15, 0.2) is 0 Å². The molecule has 2 heterocycles. The standard InChI is InChI=1S/C15H18BrN3O/c16-12-3-1-11(2-4-12)14-9-17-15(18-14)10-19-7-5-13(20)6-8-19/h1-4,9,13,20H,5-8,10H2,(H,17,18). The molecule has 4 nitrogen and oxygen atoms in total. The third-order valence-electron chi connectivity index (χ3n) is 3.71. The van der Waals surface area contributed by atoms with Crippen molar-refractivity contribution in [2.24, 2.45) is 0 Å². The Morgan fingerprint density at radius 2 is 1.95 bits per heavy atom. The molecule has 1 saturated heterocycles. The van der Waals surface area contributed by atoms with Crippen LogP contribution in [0.4, 0.5) is 0 Å². The van der Waals surface area contributed by atoms with E-state index in [1.165, 1.54) is 0 Å². The van der Waals surface area contributed by atoms with E-state index < -0.39 is 0 Å². The Morgan fingerprint density at radius 3 is 2.65 bits per heavy atom. The van der Waals surface area contributed by atoms with Crippen LogP contribution in [0.2, 0.25) is 0 Å². The van der Waals surface area contributed by atoms with Crippen molar-refractivity contribution in [1.82, 2.24) is 14.9 Å². The maximum Gasteiger partial charge on any atom is 0.120 e. The van der Waals surface area contributed by atoms with Gasteiger partial charge in [-0.05, 0) is 30.5 Å². The quantitative estimate of drug-likeness (QED) is 0.906. The maximum atomic E-state index is 9.51. The molecule has 106 valence electrons. The SMILES string of the molecule is OC1CCN(Cc2ncc(-c3ccc(Br)cc3)[nH]2)CC1. The van der Waals surface area contributed by atoms with Crippen molar-refractivity contribution in [2.75, 3.05) is 13.1 Å². The first kappa shape index (κ1) is 13.8. The summed E-state index contributed by atoms with van der Waals surface area (Å²) in [4.78, 5) is 10.2. The molecule has 20 heavy (non-hydrogen) atoms. The van der Waals surface area contributed by atoms with Gasteiger partial charge in [-0.3, -0.25) is 4.90 Å². The van der Waals surface area contributed by atoms with Gasteiger partial charge in [-0.25, -0.2) is 4.98 Å². The molecule has 1 aromatic carbocycles. The molecule has 0 atom stereocenters. The molecule has 0 amide bonds. The van der Waals surface area contributed by atoms with Crippen LogP contribution in [-0.2, 0) is 6.54 Å². The number of hydrogen-bond acceptors (Lipinski definition) is 3. The van der Waals surface area contributed by atoms with Crippen LogP contribution in [0.3, 0.4) is 0 Å². The average Bonchev–Trinajstić information content (AvgIpc) is 2.91. The minimum atomic E-state index is -0.124. The van der Waals surface area contributed by atoms with Crippen molar-refractivity contribution in [1.29, 1.82) is 0 Å². The fourth-order valence-corrected chi connectivity index (χ4v) is 2.77. The Morgan fingerprint density at radius 1 is 1.25 bits per heavy atom. The summed E-state index contributed by atoms with van der Waals surface area (Å²) >= 11 is 3.44. The van der Waals surface area contributed by atoms with Crippen molar-refractivity contribution in [3.63, 3.8) is 0 Å². The zero-order valence-electron chi connectivity index (χ0n) is 11.2. The van der Waals surface area contributed by atoms with Crippen LogP contribution >= 0.6 is 15.9 Å². The van der Waals surface area contributed by atoms with Gasteiger partial charge < -0.3 is 10.1 Å². The first-order valence-corrected chi connectivity index (χ1v) is 7.70. The minimum absolute atomic E-state index is 0.124. The number of aromatic nitrogens is 2. The summed E-state index contributed by atoms with van der Waals surface area (Å²) in [5.74, 6) is 0.985. The minimum Gasteiger partial charge on any atom is -0.393 e. The number of aliphatic hydroxyl groups is 1. The third-order valence-corrected chi connectivity index (χ3v) is 4.24. The number of likely N-dealkylation sites (tertiary alicyclic amines) is 1. The number of piperidine rings is 1. The summed E-state index contributed by atoms with van der Waals surface area (Å²) in [6, 6.07) is 8.20. The van der Waals surface area contributed by atoms with Crippen LogP contribution in [-0.4, -0.2) is 39.2 Å². The fourth-order valence-electron chi connectivity index (χ4n) is 2.51. The van der Waals surface area contributed by atoms with Crippen molar-refractivity contribution in [3.8, 4) is 11.3 Å². The number of nitrogens with zero attached hydrogens (tertiary/aromatic N) is 2. The molecule has 0 unspecified atom stereocenters. The van der Waals surface area contributed by atoms with E-state index in [0.29, 0.717) is 0 Å². The Hall–Kier alpha value is -1.17. The highest BCUT2D eigenvalue weighted by molar-refractivity contribution is 9.10. The molecule has 0 radical (unpaired) electrons. The van der Waals surface area contributed by atoms with Gasteiger partial charge in [0, 0.05) is 17.6 Å². The number of H-pyrrole nitrogens is 1. The summed E-state index contributed by atoms with van der Waals surface area (Å²) in [6.07, 6.45) is 3.49. The van der Waals surface area contributed by atoms with Crippen molar-refractivity contribution >= 4 is 15.9 Å². The molecule has 1 aliphatic rings. The number of rotatable bonds is 3. The predicted molar refractivity (Wildman–Crippen MR) is 82.2 cm³/mol. The van der Waals surface area contributed by atoms with E-state index in [0.717, 1.165) is 54.0 Å². The zero-order chi connectivity index (χ0) is 13.9. The Bertz CT molecular complexity index is 559. The van der Waals surface area contributed by atoms with E-state index in [1.807, 2.05) is 18.3 Å². The van der Waals surface area contributed by atoms with Crippen LogP contribution < -0.4 is 0 Å². The number of benzene rings is 1. The number of halogens is 1. The normalized spacial score (nSPS) is 17.5. The second kappa shape index (κ2) is 6.08. The van der Waals surface area contributed by atoms with E-state index in [9.17, 15) is 5.11 Å². The van der Waals surface area contributed by atoms with Crippen LogP contribution in [0, 0.1) is 0 Å². The highest BCUT2D eigenvalue weighted by atomic mass is 79.9. The lowest BCUT2D eigenvalue weighted by Crippen LogP contribution is -2.35. The molecule has 0 spiro atoms. The molecule has 1 aliphatic heterocycles. The van der Waals surface area contributed by atoms with Gasteiger partial charge in [0.25, 0.3) is 0 Å². The van der Waals surface area contributed by atoms with Gasteiger partial charge in [-0.2, -0.15) is 0 Å². The molecule has 1 aromatic heterocycles. The number of imidazole rings is 1. The second-order valence-corrected chi connectivity index (χ2v) is 6.17. The number of aromatic amines is 1. The van der Waals surface area contributed by atoms with Crippen LogP contribution in [0.5, 0.6) is 0 Å². The fraction of sp³-hybridized carbons (Fsp3) is 0.400. The Kier molecular flexibility index (Phi) is 4.19. The predicted octanol–water partition coefficient (Wildman–Crippen LogP) is 2.80. The number of hydrogen-bond donors (Lipinski definition) is 2. The lowest BCUT2D eigenvalue weighted by atomic mass is 10.1. The number of nitrogens with one attached hydrogen (secondary N) is 1. The first-order chi connectivity index (χ1) is 9.70. The lowest BCUT2D eigenvalue weighted by molar-refractivity contribution is 0.0781. The molecule has 5 heteroatoms. The summed E-state index contributed by atoms with van der Waals surface area (Å²) in [5, 5.41) is 9.51. The van der Waals surface area contributed by atoms with Crippen molar-refractivity contribution < 1.29 is 5.11 Å². The van der Waals surface area contributed by atoms with E-state index >= 15 is 0 Å². The largest absolute Gasteiger partial charge is 0.393 e. The van der Waals surface area contributed by atoms with E-state index in [-0.39, 0.29) is 6.10 Å². The Balaban J connectivity index is 1.66. The van der Waals surface area contributed by atoms with Gasteiger partial charge in [0.05, 0.1) is 24.5 Å². The van der Waals surface area contributed by atoms with Crippen LogP contribution in [0.25, 0.3) is 11.3 Å². The smallest absolute Gasteiger partial charge is 0.120 e. The van der Waals surface area contributed by atoms with Crippen molar-refractivity contribution in [2.45, 2.75) is 25.5 Å². The summed E-state index contributed by atoms with van der Waals surface area (Å²) < 4.78 is 1.08. The third kappa shape index (κ3) is 3.29. The van der Waals surface area contributed by atoms with Crippen molar-refractivity contribution in [3.05, 3.63) is 40.8 Å². The topological polar surface area (TPSA) is 52.1 Å². The number of aliphatic hydroxyl groups excluding tert-OH is 1. The molecule has 0 bridgehead atoms. The average molecular weight is 336 g/mol. The highest BCUT2D eigenvalue weighted by Gasteiger charge is 2.17. The van der Waals surface area contributed by atoms with Gasteiger partial charge in [-0.15, -0.1) is 0 Å². The highest BCUT2D eigenvalue weighted by Crippen LogP contribution is 2.20. The van der Waals surface area contributed by atoms with Gasteiger partial charge in [-0.1, -0.05) is 28.1 Å². The maximum absolute atomic E-state index is 9.51. The molecular weight excluding hydrogens is 318 g/mol. The summed E-state index contributed by atoms with van der Waals surface area (Å²) in [6.45, 7) is 2.70. The molecule has 2 N–H and O–H groups in total. The van der Waals surface area contributed by atoms with Crippen LogP contribution in [0.1, 0.15) is 18.7 Å². The molecule has 1 fully saturated rings. The molecule has 3 rings (SSSR count). The zero-order valence-corrected chi connectivity index (χ0v) is 12.8. The molecule has 0 aliphatic carbocycles. The summed E-state index contributed by atoms with van der Waals surface area (Å²) in [5.41, 5.74) is 2.19. The van der Waals surface area contributed by atoms with E-state index in [2.05, 4.69) is 42.9 Å². The Labute approximate surface area is 127 Å². The van der Waals surface area contributed by atoms with Gasteiger partial charge in [0.2, 0.25) is 0 Å². The van der Waals surface area contributed by atoms with E-state index in [4.69, 9.17) is 0 Å². The van der Waals surface area contributed by atoms with Gasteiger partial charge in [0.1, 0.15) is 5.82 Å². The van der Waals surface area contributed by atoms with E-state index in [1.54, 1.807) is 0 Å². The second-order valence-electron chi connectivity index (χ2n) is 5.26. The monoisotopic (exact) mass is 335 g/mol. The van der Waals surface area contributed by atoms with Gasteiger partial charge >= 0.3 is 0 Å². The van der Waals surface area contributed by atoms with Crippen LogP contribution in [0.15, 0.2) is 34.9 Å². The summed E-state index contributed by atoms with van der Waals surface area (Å²) in [7, 11) is 0. The molecule has 0 saturated carbocycles. The first-order valence-electron chi connectivity index (χ1n) is 6.91.